The molecule has 14 heavy (non-hydrogen) atoms. The molecule has 1 aromatic rings. The van der Waals surface area contributed by atoms with Gasteiger partial charge in [-0.3, -0.25) is 0 Å². The summed E-state index contributed by atoms with van der Waals surface area (Å²) in [7, 11) is 0. The van der Waals surface area contributed by atoms with Crippen LogP contribution in [-0.4, -0.2) is 24.3 Å². The van der Waals surface area contributed by atoms with Crippen LogP contribution in [0.1, 0.15) is 5.56 Å². The van der Waals surface area contributed by atoms with Crippen molar-refractivity contribution in [1.82, 2.24) is 0 Å². The first-order chi connectivity index (χ1) is 6.63. The zero-order valence-corrected chi connectivity index (χ0v) is 9.71. The Morgan fingerprint density at radius 3 is 2.86 bits per heavy atom. The topological polar surface area (TPSA) is 58.3 Å². The van der Waals surface area contributed by atoms with E-state index in [1.165, 1.54) is 0 Å². The van der Waals surface area contributed by atoms with Crippen LogP contribution in [0.2, 0.25) is 0 Å². The molecule has 1 rings (SSSR count). The normalized spacial score (nSPS) is 12.6. The fourth-order valence-corrected chi connectivity index (χ4v) is 1.32. The number of hydrogen-bond donors (Lipinski definition) is 3. The zero-order chi connectivity index (χ0) is 10.6. The van der Waals surface area contributed by atoms with Crippen LogP contribution in [0, 0.1) is 6.92 Å². The molecule has 4 heteroatoms. The fraction of sp³-hybridized carbons (Fsp3) is 0.400. The Bertz CT molecular complexity index is 304. The van der Waals surface area contributed by atoms with Gasteiger partial charge in [0.2, 0.25) is 0 Å². The number of nitrogens with one attached hydrogen (secondary N) is 1. The molecule has 0 saturated heterocycles. The fourth-order valence-electron chi connectivity index (χ4n) is 1.07. The Morgan fingerprint density at radius 2 is 2.29 bits per heavy atom. The number of benzene rings is 1. The maximum absolute atomic E-state index is 9.25. The SMILES string of the molecule is Cc1cc(NCC(O)CN)ccc1Br. The van der Waals surface area contributed by atoms with Crippen LogP contribution in [0.4, 0.5) is 5.69 Å². The van der Waals surface area contributed by atoms with E-state index >= 15 is 0 Å². The first-order valence-corrected chi connectivity index (χ1v) is 5.31. The van der Waals surface area contributed by atoms with Crippen molar-refractivity contribution in [2.75, 3.05) is 18.4 Å². The van der Waals surface area contributed by atoms with E-state index in [1.807, 2.05) is 25.1 Å². The summed E-state index contributed by atoms with van der Waals surface area (Å²) in [5.74, 6) is 0. The second-order valence-corrected chi connectivity index (χ2v) is 4.09. The van der Waals surface area contributed by atoms with Gasteiger partial charge < -0.3 is 16.2 Å². The van der Waals surface area contributed by atoms with Gasteiger partial charge in [0.05, 0.1) is 6.10 Å². The summed E-state index contributed by atoms with van der Waals surface area (Å²) in [6.07, 6.45) is -0.487. The zero-order valence-electron chi connectivity index (χ0n) is 8.13. The number of aliphatic hydroxyl groups excluding tert-OH is 1. The summed E-state index contributed by atoms with van der Waals surface area (Å²) in [6, 6.07) is 5.96. The largest absolute Gasteiger partial charge is 0.390 e. The molecule has 78 valence electrons. The molecule has 0 spiro atoms. The molecule has 0 radical (unpaired) electrons. The van der Waals surface area contributed by atoms with Crippen LogP contribution in [0.25, 0.3) is 0 Å². The monoisotopic (exact) mass is 258 g/mol. The lowest BCUT2D eigenvalue weighted by atomic mass is 10.2. The maximum atomic E-state index is 9.25. The van der Waals surface area contributed by atoms with Crippen molar-refractivity contribution in [2.24, 2.45) is 5.73 Å². The first kappa shape index (κ1) is 11.5. The molecule has 1 atom stereocenters. The van der Waals surface area contributed by atoms with E-state index in [0.29, 0.717) is 6.54 Å². The van der Waals surface area contributed by atoms with Gasteiger partial charge in [0.15, 0.2) is 0 Å². The van der Waals surface area contributed by atoms with E-state index in [1.54, 1.807) is 0 Å². The molecule has 0 aliphatic heterocycles. The van der Waals surface area contributed by atoms with Gasteiger partial charge in [-0.2, -0.15) is 0 Å². The highest BCUT2D eigenvalue weighted by molar-refractivity contribution is 9.10. The molecular formula is C10H15BrN2O. The lowest BCUT2D eigenvalue weighted by Crippen LogP contribution is -2.27. The number of halogens is 1. The predicted molar refractivity (Wildman–Crippen MR) is 62.4 cm³/mol. The van der Waals surface area contributed by atoms with Crippen LogP contribution in [-0.2, 0) is 0 Å². The van der Waals surface area contributed by atoms with Crippen molar-refractivity contribution < 1.29 is 5.11 Å². The Labute approximate surface area is 92.4 Å². The minimum Gasteiger partial charge on any atom is -0.390 e. The molecule has 0 amide bonds. The summed E-state index contributed by atoms with van der Waals surface area (Å²) in [5.41, 5.74) is 7.46. The predicted octanol–water partition coefficient (Wildman–Crippen LogP) is 1.49. The molecule has 0 aromatic heterocycles. The number of rotatable bonds is 4. The Balaban J connectivity index is 2.55. The second-order valence-electron chi connectivity index (χ2n) is 3.23. The van der Waals surface area contributed by atoms with E-state index < -0.39 is 6.10 Å². The summed E-state index contributed by atoms with van der Waals surface area (Å²) in [5, 5.41) is 12.4. The van der Waals surface area contributed by atoms with Crippen LogP contribution >= 0.6 is 15.9 Å². The minimum absolute atomic E-state index is 0.280. The molecule has 4 N–H and O–H groups in total. The number of hydrogen-bond acceptors (Lipinski definition) is 3. The summed E-state index contributed by atoms with van der Waals surface area (Å²) >= 11 is 3.43. The summed E-state index contributed by atoms with van der Waals surface area (Å²) in [6.45, 7) is 2.79. The molecule has 0 aliphatic carbocycles. The number of anilines is 1. The molecule has 0 aliphatic rings. The lowest BCUT2D eigenvalue weighted by Gasteiger charge is -2.11. The smallest absolute Gasteiger partial charge is 0.0834 e. The average molecular weight is 259 g/mol. The Morgan fingerprint density at radius 1 is 1.57 bits per heavy atom. The van der Waals surface area contributed by atoms with Crippen molar-refractivity contribution in [1.29, 1.82) is 0 Å². The third-order valence-electron chi connectivity index (χ3n) is 1.97. The van der Waals surface area contributed by atoms with Crippen molar-refractivity contribution in [3.05, 3.63) is 28.2 Å². The van der Waals surface area contributed by atoms with E-state index in [4.69, 9.17) is 5.73 Å². The van der Waals surface area contributed by atoms with Crippen LogP contribution in [0.5, 0.6) is 0 Å². The minimum atomic E-state index is -0.487. The van der Waals surface area contributed by atoms with Crippen LogP contribution < -0.4 is 11.1 Å². The first-order valence-electron chi connectivity index (χ1n) is 4.51. The molecule has 1 aromatic carbocycles. The highest BCUT2D eigenvalue weighted by Gasteiger charge is 2.01. The van der Waals surface area contributed by atoms with E-state index in [2.05, 4.69) is 21.2 Å². The molecule has 0 bridgehead atoms. The highest BCUT2D eigenvalue weighted by atomic mass is 79.9. The van der Waals surface area contributed by atoms with Crippen LogP contribution in [0.3, 0.4) is 0 Å². The van der Waals surface area contributed by atoms with Gasteiger partial charge >= 0.3 is 0 Å². The quantitative estimate of drug-likeness (QED) is 0.767. The molecular weight excluding hydrogens is 244 g/mol. The summed E-state index contributed by atoms with van der Waals surface area (Å²) in [4.78, 5) is 0. The van der Waals surface area contributed by atoms with E-state index in [9.17, 15) is 5.11 Å². The summed E-state index contributed by atoms with van der Waals surface area (Å²) < 4.78 is 1.09. The molecule has 0 saturated carbocycles. The van der Waals surface area contributed by atoms with Crippen LogP contribution in [0.15, 0.2) is 22.7 Å². The van der Waals surface area contributed by atoms with Crippen molar-refractivity contribution >= 4 is 21.6 Å². The van der Waals surface area contributed by atoms with Gasteiger partial charge in [0.1, 0.15) is 0 Å². The van der Waals surface area contributed by atoms with E-state index in [0.717, 1.165) is 15.7 Å². The second kappa shape index (κ2) is 5.34. The van der Waals surface area contributed by atoms with Gasteiger partial charge in [0.25, 0.3) is 0 Å². The highest BCUT2D eigenvalue weighted by Crippen LogP contribution is 2.19. The molecule has 0 fully saturated rings. The van der Waals surface area contributed by atoms with Gasteiger partial charge in [0, 0.05) is 23.2 Å². The van der Waals surface area contributed by atoms with Crippen molar-refractivity contribution in [3.63, 3.8) is 0 Å². The molecule has 1 unspecified atom stereocenters. The van der Waals surface area contributed by atoms with E-state index in [-0.39, 0.29) is 6.54 Å². The Hall–Kier alpha value is -0.580. The van der Waals surface area contributed by atoms with Crippen molar-refractivity contribution in [2.45, 2.75) is 13.0 Å². The third kappa shape index (κ3) is 3.29. The van der Waals surface area contributed by atoms with Gasteiger partial charge in [-0.05, 0) is 30.7 Å². The lowest BCUT2D eigenvalue weighted by molar-refractivity contribution is 0.196. The molecule has 3 nitrogen and oxygen atoms in total. The number of aryl methyl sites for hydroxylation is 1. The number of nitrogens with two attached hydrogens (primary N) is 1. The third-order valence-corrected chi connectivity index (χ3v) is 2.86. The van der Waals surface area contributed by atoms with Gasteiger partial charge in [-0.25, -0.2) is 0 Å². The molecule has 0 heterocycles. The number of aliphatic hydroxyl groups is 1. The standard InChI is InChI=1S/C10H15BrN2O/c1-7-4-8(2-3-10(7)11)13-6-9(14)5-12/h2-4,9,13-14H,5-6,12H2,1H3. The van der Waals surface area contributed by atoms with Gasteiger partial charge in [-0.15, -0.1) is 0 Å². The average Bonchev–Trinajstić information content (AvgIpc) is 2.19. The Kier molecular flexibility index (Phi) is 4.38. The maximum Gasteiger partial charge on any atom is 0.0834 e. The van der Waals surface area contributed by atoms with Gasteiger partial charge in [-0.1, -0.05) is 15.9 Å². The van der Waals surface area contributed by atoms with Crippen molar-refractivity contribution in [3.8, 4) is 0 Å².